The van der Waals surface area contributed by atoms with Crippen molar-refractivity contribution >= 4 is 15.5 Å². The van der Waals surface area contributed by atoms with Gasteiger partial charge in [-0.25, -0.2) is 8.42 Å². The zero-order chi connectivity index (χ0) is 12.5. The molecule has 0 saturated carbocycles. The fourth-order valence-corrected chi connectivity index (χ4v) is 3.13. The van der Waals surface area contributed by atoms with Gasteiger partial charge in [0.2, 0.25) is 9.84 Å². The summed E-state index contributed by atoms with van der Waals surface area (Å²) in [7, 11) is -3.44. The Hall–Kier alpha value is -1.81. The van der Waals surface area contributed by atoms with Gasteiger partial charge in [0.15, 0.2) is 0 Å². The number of anilines is 1. The summed E-state index contributed by atoms with van der Waals surface area (Å²) in [5, 5.41) is 0. The molecule has 4 heteroatoms. The predicted octanol–water partition coefficient (Wildman–Crippen LogP) is 2.41. The molecule has 0 aliphatic carbocycles. The van der Waals surface area contributed by atoms with Crippen LogP contribution in [0.2, 0.25) is 0 Å². The molecular weight excluding hydrogens is 234 g/mol. The molecule has 2 N–H and O–H groups in total. The second kappa shape index (κ2) is 4.22. The largest absolute Gasteiger partial charge is 0.399 e. The average molecular weight is 247 g/mol. The van der Waals surface area contributed by atoms with Gasteiger partial charge in [-0.1, -0.05) is 18.2 Å². The van der Waals surface area contributed by atoms with Crippen molar-refractivity contribution in [2.24, 2.45) is 0 Å². The Kier molecular flexibility index (Phi) is 2.90. The minimum atomic E-state index is -3.44. The van der Waals surface area contributed by atoms with Crippen LogP contribution in [0.5, 0.6) is 0 Å². The molecule has 2 rings (SSSR count). The first-order valence-corrected chi connectivity index (χ1v) is 6.66. The molecule has 17 heavy (non-hydrogen) atoms. The molecule has 2 aromatic carbocycles. The van der Waals surface area contributed by atoms with E-state index in [0.29, 0.717) is 10.6 Å². The van der Waals surface area contributed by atoms with Crippen LogP contribution in [0.1, 0.15) is 5.56 Å². The molecular formula is C13H13NO2S. The molecule has 0 amide bonds. The molecule has 0 spiro atoms. The number of rotatable bonds is 2. The first-order chi connectivity index (χ1) is 8.01. The van der Waals surface area contributed by atoms with E-state index in [1.807, 2.05) is 6.07 Å². The van der Waals surface area contributed by atoms with Crippen molar-refractivity contribution in [2.45, 2.75) is 16.7 Å². The molecule has 0 aliphatic heterocycles. The van der Waals surface area contributed by atoms with E-state index < -0.39 is 9.84 Å². The molecule has 88 valence electrons. The summed E-state index contributed by atoms with van der Waals surface area (Å²) >= 11 is 0. The lowest BCUT2D eigenvalue weighted by atomic mass is 10.2. The Balaban J connectivity index is 2.58. The van der Waals surface area contributed by atoms with Crippen molar-refractivity contribution in [1.29, 1.82) is 0 Å². The second-order valence-corrected chi connectivity index (χ2v) is 5.76. The van der Waals surface area contributed by atoms with Crippen LogP contribution in [0, 0.1) is 6.92 Å². The van der Waals surface area contributed by atoms with Gasteiger partial charge in [0, 0.05) is 5.69 Å². The Labute approximate surface area is 101 Å². The van der Waals surface area contributed by atoms with E-state index in [0.717, 1.165) is 5.56 Å². The zero-order valence-corrected chi connectivity index (χ0v) is 10.2. The van der Waals surface area contributed by atoms with E-state index in [2.05, 4.69) is 0 Å². The van der Waals surface area contributed by atoms with Crippen LogP contribution in [-0.4, -0.2) is 8.42 Å². The highest BCUT2D eigenvalue weighted by atomic mass is 32.2. The summed E-state index contributed by atoms with van der Waals surface area (Å²) in [4.78, 5) is 0.603. The summed E-state index contributed by atoms with van der Waals surface area (Å²) in [6, 6.07) is 13.2. The van der Waals surface area contributed by atoms with Crippen LogP contribution >= 0.6 is 0 Å². The van der Waals surface area contributed by atoms with Gasteiger partial charge < -0.3 is 5.73 Å². The quantitative estimate of drug-likeness (QED) is 0.829. The highest BCUT2D eigenvalue weighted by molar-refractivity contribution is 7.91. The number of nitrogens with two attached hydrogens (primary N) is 1. The van der Waals surface area contributed by atoms with Gasteiger partial charge in [0.1, 0.15) is 0 Å². The van der Waals surface area contributed by atoms with Gasteiger partial charge in [-0.2, -0.15) is 0 Å². The fraction of sp³-hybridized carbons (Fsp3) is 0.0769. The summed E-state index contributed by atoms with van der Waals surface area (Å²) in [5.74, 6) is 0. The van der Waals surface area contributed by atoms with Crippen molar-refractivity contribution in [3.05, 3.63) is 54.1 Å². The fourth-order valence-electron chi connectivity index (χ4n) is 1.63. The van der Waals surface area contributed by atoms with Gasteiger partial charge in [0.25, 0.3) is 0 Å². The number of sulfone groups is 1. The Morgan fingerprint density at radius 3 is 2.12 bits per heavy atom. The molecule has 0 bridgehead atoms. The van der Waals surface area contributed by atoms with Gasteiger partial charge in [-0.3, -0.25) is 0 Å². The molecule has 0 atom stereocenters. The Bertz CT molecular complexity index is 631. The van der Waals surface area contributed by atoms with Crippen LogP contribution in [0.3, 0.4) is 0 Å². The first kappa shape index (κ1) is 11.7. The summed E-state index contributed by atoms with van der Waals surface area (Å²) in [6.45, 7) is 1.78. The third-order valence-corrected chi connectivity index (χ3v) is 4.50. The summed E-state index contributed by atoms with van der Waals surface area (Å²) in [5.41, 5.74) is 6.83. The molecule has 0 unspecified atom stereocenters. The van der Waals surface area contributed by atoms with E-state index in [9.17, 15) is 8.42 Å². The highest BCUT2D eigenvalue weighted by Crippen LogP contribution is 2.23. The van der Waals surface area contributed by atoms with Gasteiger partial charge in [-0.05, 0) is 42.8 Å². The number of hydrogen-bond acceptors (Lipinski definition) is 3. The van der Waals surface area contributed by atoms with E-state index in [1.165, 1.54) is 12.1 Å². The predicted molar refractivity (Wildman–Crippen MR) is 67.5 cm³/mol. The molecule has 2 aromatic rings. The first-order valence-electron chi connectivity index (χ1n) is 5.18. The monoisotopic (exact) mass is 247 g/mol. The van der Waals surface area contributed by atoms with E-state index in [4.69, 9.17) is 5.73 Å². The maximum Gasteiger partial charge on any atom is 0.206 e. The van der Waals surface area contributed by atoms with Crippen LogP contribution in [0.4, 0.5) is 5.69 Å². The lowest BCUT2D eigenvalue weighted by molar-refractivity contribution is 0.595. The molecule has 0 fully saturated rings. The van der Waals surface area contributed by atoms with Crippen LogP contribution in [0.25, 0.3) is 0 Å². The van der Waals surface area contributed by atoms with Crippen molar-refractivity contribution < 1.29 is 8.42 Å². The third-order valence-electron chi connectivity index (χ3n) is 2.57. The van der Waals surface area contributed by atoms with Gasteiger partial charge in [-0.15, -0.1) is 0 Å². The lowest BCUT2D eigenvalue weighted by Gasteiger charge is -2.07. The average Bonchev–Trinajstić information content (AvgIpc) is 2.30. The van der Waals surface area contributed by atoms with Crippen molar-refractivity contribution in [3.8, 4) is 0 Å². The Morgan fingerprint density at radius 1 is 0.941 bits per heavy atom. The van der Waals surface area contributed by atoms with E-state index in [1.54, 1.807) is 37.3 Å². The van der Waals surface area contributed by atoms with Gasteiger partial charge >= 0.3 is 0 Å². The van der Waals surface area contributed by atoms with Crippen molar-refractivity contribution in [1.82, 2.24) is 0 Å². The third kappa shape index (κ3) is 2.17. The summed E-state index contributed by atoms with van der Waals surface area (Å²) < 4.78 is 24.7. The number of aryl methyl sites for hydroxylation is 1. The maximum absolute atomic E-state index is 12.3. The minimum absolute atomic E-state index is 0.265. The van der Waals surface area contributed by atoms with Crippen LogP contribution in [-0.2, 0) is 9.84 Å². The molecule has 0 aromatic heterocycles. The zero-order valence-electron chi connectivity index (χ0n) is 9.42. The minimum Gasteiger partial charge on any atom is -0.399 e. The molecule has 0 radical (unpaired) electrons. The smallest absolute Gasteiger partial charge is 0.206 e. The van der Waals surface area contributed by atoms with Gasteiger partial charge in [0.05, 0.1) is 9.79 Å². The lowest BCUT2D eigenvalue weighted by Crippen LogP contribution is -2.04. The van der Waals surface area contributed by atoms with E-state index >= 15 is 0 Å². The number of nitrogen functional groups attached to an aromatic ring is 1. The molecule has 0 heterocycles. The standard InChI is InChI=1S/C13H13NO2S/c1-10-4-2-3-5-13(10)17(15,16)12-8-6-11(14)7-9-12/h2-9H,14H2,1H3. The van der Waals surface area contributed by atoms with E-state index in [-0.39, 0.29) is 4.90 Å². The maximum atomic E-state index is 12.3. The Morgan fingerprint density at radius 2 is 1.53 bits per heavy atom. The molecule has 0 saturated heterocycles. The summed E-state index contributed by atoms with van der Waals surface area (Å²) in [6.07, 6.45) is 0. The number of benzene rings is 2. The SMILES string of the molecule is Cc1ccccc1S(=O)(=O)c1ccc(N)cc1. The normalized spacial score (nSPS) is 11.4. The number of hydrogen-bond donors (Lipinski definition) is 1. The molecule has 0 aliphatic rings. The van der Waals surface area contributed by atoms with Crippen LogP contribution in [0.15, 0.2) is 58.3 Å². The van der Waals surface area contributed by atoms with Crippen LogP contribution < -0.4 is 5.73 Å². The highest BCUT2D eigenvalue weighted by Gasteiger charge is 2.18. The topological polar surface area (TPSA) is 60.2 Å². The molecule has 3 nitrogen and oxygen atoms in total. The van der Waals surface area contributed by atoms with Crippen molar-refractivity contribution in [2.75, 3.05) is 5.73 Å². The van der Waals surface area contributed by atoms with Crippen molar-refractivity contribution in [3.63, 3.8) is 0 Å². The second-order valence-electron chi connectivity index (χ2n) is 3.84.